The molecule has 1 unspecified atom stereocenters. The number of nitrogens with zero attached hydrogens (tertiary/aromatic N) is 1. The number of hydrogen-bond donors (Lipinski definition) is 1. The van der Waals surface area contributed by atoms with Gasteiger partial charge in [-0.1, -0.05) is 55.8 Å². The third kappa shape index (κ3) is 4.97. The van der Waals surface area contributed by atoms with E-state index in [4.69, 9.17) is 5.26 Å². The Labute approximate surface area is 125 Å². The highest BCUT2D eigenvalue weighted by Gasteiger charge is 2.21. The van der Waals surface area contributed by atoms with Crippen LogP contribution in [0.15, 0.2) is 28.7 Å². The van der Waals surface area contributed by atoms with Gasteiger partial charge in [0.15, 0.2) is 0 Å². The van der Waals surface area contributed by atoms with E-state index in [0.717, 1.165) is 17.6 Å². The van der Waals surface area contributed by atoms with Gasteiger partial charge in [-0.05, 0) is 23.6 Å². The van der Waals surface area contributed by atoms with Gasteiger partial charge in [-0.2, -0.15) is 5.26 Å². The van der Waals surface area contributed by atoms with Crippen LogP contribution in [0.1, 0.15) is 33.3 Å². The third-order valence-corrected chi connectivity index (χ3v) is 4.00. The molecule has 0 amide bonds. The number of hydrogen-bond acceptors (Lipinski definition) is 2. The zero-order chi connectivity index (χ0) is 14.5. The first kappa shape index (κ1) is 16.2. The Morgan fingerprint density at radius 2 is 2.05 bits per heavy atom. The van der Waals surface area contributed by atoms with Gasteiger partial charge < -0.3 is 5.32 Å². The summed E-state index contributed by atoms with van der Waals surface area (Å²) in [6.45, 7) is 10.3. The Balaban J connectivity index is 2.59. The molecule has 1 aromatic carbocycles. The molecule has 19 heavy (non-hydrogen) atoms. The van der Waals surface area contributed by atoms with Crippen molar-refractivity contribution < 1.29 is 0 Å². The lowest BCUT2D eigenvalue weighted by atomic mass is 9.84. The van der Waals surface area contributed by atoms with E-state index in [-0.39, 0.29) is 11.3 Å². The van der Waals surface area contributed by atoms with Crippen molar-refractivity contribution in [2.75, 3.05) is 13.1 Å². The summed E-state index contributed by atoms with van der Waals surface area (Å²) in [6, 6.07) is 10.8. The Bertz CT molecular complexity index is 446. The predicted octanol–water partition coefficient (Wildman–Crippen LogP) is 4.11. The van der Waals surface area contributed by atoms with Crippen LogP contribution >= 0.6 is 15.9 Å². The molecule has 1 aromatic rings. The molecule has 104 valence electrons. The average molecular weight is 323 g/mol. The van der Waals surface area contributed by atoms with Gasteiger partial charge in [0.05, 0.1) is 12.0 Å². The maximum atomic E-state index is 9.08. The maximum Gasteiger partial charge on any atom is 0.0671 e. The van der Waals surface area contributed by atoms with Crippen molar-refractivity contribution in [1.82, 2.24) is 5.32 Å². The Hall–Kier alpha value is -0.850. The molecule has 0 aromatic heterocycles. The van der Waals surface area contributed by atoms with Gasteiger partial charge in [-0.25, -0.2) is 0 Å². The minimum atomic E-state index is 0.0563. The first-order valence-electron chi connectivity index (χ1n) is 6.73. The van der Waals surface area contributed by atoms with E-state index < -0.39 is 0 Å². The number of halogens is 1. The second-order valence-electron chi connectivity index (χ2n) is 6.00. The van der Waals surface area contributed by atoms with Gasteiger partial charge in [0.2, 0.25) is 0 Å². The number of rotatable bonds is 6. The van der Waals surface area contributed by atoms with Crippen LogP contribution < -0.4 is 5.32 Å². The fraction of sp³-hybridized carbons (Fsp3) is 0.562. The van der Waals surface area contributed by atoms with Gasteiger partial charge in [0.1, 0.15) is 0 Å². The summed E-state index contributed by atoms with van der Waals surface area (Å²) in [7, 11) is 0. The SMILES string of the molecule is CC(C)C(C#N)CNCC(C)(C)c1cccc(Br)c1. The zero-order valence-corrected chi connectivity index (χ0v) is 13.8. The Kier molecular flexibility index (Phi) is 6.03. The van der Waals surface area contributed by atoms with E-state index in [1.54, 1.807) is 0 Å². The van der Waals surface area contributed by atoms with Crippen LogP contribution in [-0.2, 0) is 5.41 Å². The first-order chi connectivity index (χ1) is 8.86. The fourth-order valence-corrected chi connectivity index (χ4v) is 2.38. The van der Waals surface area contributed by atoms with Gasteiger partial charge in [-0.3, -0.25) is 0 Å². The fourth-order valence-electron chi connectivity index (χ4n) is 1.98. The molecule has 0 spiro atoms. The number of nitriles is 1. The topological polar surface area (TPSA) is 35.8 Å². The Morgan fingerprint density at radius 3 is 2.58 bits per heavy atom. The summed E-state index contributed by atoms with van der Waals surface area (Å²) >= 11 is 3.51. The normalized spacial score (nSPS) is 13.3. The summed E-state index contributed by atoms with van der Waals surface area (Å²) in [6.07, 6.45) is 0. The van der Waals surface area contributed by atoms with Crippen LogP contribution in [0.2, 0.25) is 0 Å². The molecular formula is C16H23BrN2. The summed E-state index contributed by atoms with van der Waals surface area (Å²) in [4.78, 5) is 0. The lowest BCUT2D eigenvalue weighted by molar-refractivity contribution is 0.402. The lowest BCUT2D eigenvalue weighted by Gasteiger charge is -2.27. The van der Waals surface area contributed by atoms with Crippen LogP contribution in [0, 0.1) is 23.2 Å². The molecule has 0 bridgehead atoms. The molecule has 0 aliphatic heterocycles. The van der Waals surface area contributed by atoms with Crippen molar-refractivity contribution in [1.29, 1.82) is 5.26 Å². The summed E-state index contributed by atoms with van der Waals surface area (Å²) in [5.41, 5.74) is 1.35. The van der Waals surface area contributed by atoms with E-state index >= 15 is 0 Å². The van der Waals surface area contributed by atoms with Crippen molar-refractivity contribution in [2.24, 2.45) is 11.8 Å². The number of nitrogens with one attached hydrogen (secondary N) is 1. The molecule has 0 aliphatic rings. The third-order valence-electron chi connectivity index (χ3n) is 3.51. The molecule has 0 fully saturated rings. The van der Waals surface area contributed by atoms with Gasteiger partial charge in [-0.15, -0.1) is 0 Å². The molecule has 1 N–H and O–H groups in total. The van der Waals surface area contributed by atoms with Crippen LogP contribution in [0.4, 0.5) is 0 Å². The minimum absolute atomic E-state index is 0.0563. The molecule has 0 aliphatic carbocycles. The van der Waals surface area contributed by atoms with Crippen molar-refractivity contribution in [3.8, 4) is 6.07 Å². The number of benzene rings is 1. The zero-order valence-electron chi connectivity index (χ0n) is 12.2. The van der Waals surface area contributed by atoms with Crippen LogP contribution in [-0.4, -0.2) is 13.1 Å². The average Bonchev–Trinajstić information content (AvgIpc) is 2.34. The molecule has 1 atom stereocenters. The standard InChI is InChI=1S/C16H23BrN2/c1-12(2)13(9-18)10-19-11-16(3,4)14-6-5-7-15(17)8-14/h5-8,12-13,19H,10-11H2,1-4H3. The molecule has 2 nitrogen and oxygen atoms in total. The highest BCUT2D eigenvalue weighted by Crippen LogP contribution is 2.25. The van der Waals surface area contributed by atoms with Crippen molar-refractivity contribution >= 4 is 15.9 Å². The molecular weight excluding hydrogens is 300 g/mol. The Morgan fingerprint density at radius 1 is 1.37 bits per heavy atom. The van der Waals surface area contributed by atoms with Gasteiger partial charge in [0, 0.05) is 23.0 Å². The monoisotopic (exact) mass is 322 g/mol. The van der Waals surface area contributed by atoms with Crippen LogP contribution in [0.25, 0.3) is 0 Å². The van der Waals surface area contributed by atoms with E-state index in [9.17, 15) is 0 Å². The van der Waals surface area contributed by atoms with E-state index in [0.29, 0.717) is 5.92 Å². The smallest absolute Gasteiger partial charge is 0.0671 e. The molecule has 0 saturated carbocycles. The molecule has 0 heterocycles. The molecule has 1 rings (SSSR count). The maximum absolute atomic E-state index is 9.08. The van der Waals surface area contributed by atoms with Crippen LogP contribution in [0.5, 0.6) is 0 Å². The van der Waals surface area contributed by atoms with Crippen molar-refractivity contribution in [3.05, 3.63) is 34.3 Å². The van der Waals surface area contributed by atoms with Crippen LogP contribution in [0.3, 0.4) is 0 Å². The van der Waals surface area contributed by atoms with Crippen molar-refractivity contribution in [3.63, 3.8) is 0 Å². The first-order valence-corrected chi connectivity index (χ1v) is 7.52. The van der Waals surface area contributed by atoms with Crippen molar-refractivity contribution in [2.45, 2.75) is 33.1 Å². The largest absolute Gasteiger partial charge is 0.315 e. The van der Waals surface area contributed by atoms with Gasteiger partial charge >= 0.3 is 0 Å². The summed E-state index contributed by atoms with van der Waals surface area (Å²) in [5, 5.41) is 12.5. The van der Waals surface area contributed by atoms with E-state index in [1.165, 1.54) is 5.56 Å². The lowest BCUT2D eigenvalue weighted by Crippen LogP contribution is -2.36. The second-order valence-corrected chi connectivity index (χ2v) is 6.92. The second kappa shape index (κ2) is 7.07. The quantitative estimate of drug-likeness (QED) is 0.855. The predicted molar refractivity (Wildman–Crippen MR) is 84.0 cm³/mol. The van der Waals surface area contributed by atoms with Gasteiger partial charge in [0.25, 0.3) is 0 Å². The molecule has 3 heteroatoms. The highest BCUT2D eigenvalue weighted by atomic mass is 79.9. The van der Waals surface area contributed by atoms with E-state index in [2.05, 4.69) is 73.2 Å². The molecule has 0 radical (unpaired) electrons. The minimum Gasteiger partial charge on any atom is -0.315 e. The summed E-state index contributed by atoms with van der Waals surface area (Å²) < 4.78 is 1.11. The highest BCUT2D eigenvalue weighted by molar-refractivity contribution is 9.10. The van der Waals surface area contributed by atoms with E-state index in [1.807, 2.05) is 6.07 Å². The summed E-state index contributed by atoms with van der Waals surface area (Å²) in [5.74, 6) is 0.477. The molecule has 0 saturated heterocycles.